The summed E-state index contributed by atoms with van der Waals surface area (Å²) in [5, 5.41) is 11.4. The lowest BCUT2D eigenvalue weighted by Crippen LogP contribution is -2.11. The van der Waals surface area contributed by atoms with E-state index in [9.17, 15) is 4.79 Å². The minimum absolute atomic E-state index is 0.192. The molecule has 0 aliphatic heterocycles. The highest BCUT2D eigenvalue weighted by atomic mass is 16.5. The number of anilines is 1. The molecule has 5 rings (SSSR count). The number of ether oxygens (including phenoxy) is 1. The van der Waals surface area contributed by atoms with Crippen LogP contribution in [0.4, 0.5) is 5.69 Å². The number of amides is 1. The molecule has 156 valence electrons. The smallest absolute Gasteiger partial charge is 0.255 e. The maximum Gasteiger partial charge on any atom is 0.255 e. The normalized spacial score (nSPS) is 10.8. The summed E-state index contributed by atoms with van der Waals surface area (Å²) in [5.74, 6) is 1.24. The van der Waals surface area contributed by atoms with Gasteiger partial charge in [-0.2, -0.15) is 0 Å². The molecule has 5 aromatic rings. The second kappa shape index (κ2) is 8.73. The molecule has 6 nitrogen and oxygen atoms in total. The number of hydrogen-bond acceptors (Lipinski definition) is 4. The Morgan fingerprint density at radius 2 is 1.66 bits per heavy atom. The van der Waals surface area contributed by atoms with Crippen molar-refractivity contribution in [3.63, 3.8) is 0 Å². The van der Waals surface area contributed by atoms with Crippen LogP contribution in [-0.4, -0.2) is 20.5 Å². The van der Waals surface area contributed by atoms with E-state index in [1.165, 1.54) is 0 Å². The molecule has 0 spiro atoms. The number of fused-ring (bicyclic) bond motifs is 1. The van der Waals surface area contributed by atoms with Gasteiger partial charge in [0, 0.05) is 23.0 Å². The van der Waals surface area contributed by atoms with E-state index < -0.39 is 0 Å². The summed E-state index contributed by atoms with van der Waals surface area (Å²) in [6.07, 6.45) is 1.91. The highest BCUT2D eigenvalue weighted by Gasteiger charge is 2.10. The molecule has 0 saturated heterocycles. The Kier molecular flexibility index (Phi) is 5.32. The molecule has 0 radical (unpaired) electrons. The molecule has 0 bridgehead atoms. The van der Waals surface area contributed by atoms with Crippen LogP contribution < -0.4 is 10.1 Å². The molecule has 1 N–H and O–H groups in total. The molecule has 1 amide bonds. The molecular formula is C26H20N4O2. The summed E-state index contributed by atoms with van der Waals surface area (Å²) in [4.78, 5) is 12.7. The van der Waals surface area contributed by atoms with E-state index in [1.54, 1.807) is 24.3 Å². The van der Waals surface area contributed by atoms with Crippen LogP contribution in [0.25, 0.3) is 17.0 Å². The minimum atomic E-state index is -0.192. The zero-order chi connectivity index (χ0) is 21.8. The molecule has 6 heteroatoms. The summed E-state index contributed by atoms with van der Waals surface area (Å²) >= 11 is 0. The predicted octanol–water partition coefficient (Wildman–Crippen LogP) is 5.23. The Labute approximate surface area is 185 Å². The van der Waals surface area contributed by atoms with Crippen molar-refractivity contribution in [2.45, 2.75) is 6.61 Å². The Bertz CT molecular complexity index is 1360. The van der Waals surface area contributed by atoms with Crippen molar-refractivity contribution in [2.75, 3.05) is 5.32 Å². The van der Waals surface area contributed by atoms with Crippen LogP contribution in [0.15, 0.2) is 103 Å². The monoisotopic (exact) mass is 420 g/mol. The molecule has 0 fully saturated rings. The second-order valence-corrected chi connectivity index (χ2v) is 7.29. The first-order chi connectivity index (χ1) is 15.8. The van der Waals surface area contributed by atoms with Crippen molar-refractivity contribution >= 4 is 17.2 Å². The first-order valence-corrected chi connectivity index (χ1v) is 10.2. The molecule has 2 heterocycles. The quantitative estimate of drug-likeness (QED) is 0.409. The summed E-state index contributed by atoms with van der Waals surface area (Å²) in [7, 11) is 0. The van der Waals surface area contributed by atoms with Gasteiger partial charge < -0.3 is 10.1 Å². The zero-order valence-electron chi connectivity index (χ0n) is 17.2. The third-order valence-electron chi connectivity index (χ3n) is 5.06. The average Bonchev–Trinajstić information content (AvgIpc) is 3.28. The summed E-state index contributed by atoms with van der Waals surface area (Å²) in [6.45, 7) is 0.483. The number of benzene rings is 3. The van der Waals surface area contributed by atoms with Gasteiger partial charge in [-0.15, -0.1) is 10.2 Å². The van der Waals surface area contributed by atoms with Crippen molar-refractivity contribution in [3.05, 3.63) is 114 Å². The van der Waals surface area contributed by atoms with Gasteiger partial charge in [0.05, 0.1) is 0 Å². The Morgan fingerprint density at radius 1 is 0.844 bits per heavy atom. The summed E-state index contributed by atoms with van der Waals surface area (Å²) in [5.41, 5.74) is 3.97. The van der Waals surface area contributed by atoms with Gasteiger partial charge in [0.25, 0.3) is 5.91 Å². The number of rotatable bonds is 6. The van der Waals surface area contributed by atoms with E-state index in [4.69, 9.17) is 4.74 Å². The van der Waals surface area contributed by atoms with Crippen LogP contribution >= 0.6 is 0 Å². The number of carbonyl (C=O) groups is 1. The third kappa shape index (κ3) is 4.20. The van der Waals surface area contributed by atoms with Crippen molar-refractivity contribution in [1.29, 1.82) is 0 Å². The van der Waals surface area contributed by atoms with E-state index in [2.05, 4.69) is 15.5 Å². The van der Waals surface area contributed by atoms with E-state index >= 15 is 0 Å². The van der Waals surface area contributed by atoms with Crippen molar-refractivity contribution in [2.24, 2.45) is 0 Å². The first kappa shape index (κ1) is 19.5. The van der Waals surface area contributed by atoms with Gasteiger partial charge in [0.15, 0.2) is 11.5 Å². The fourth-order valence-electron chi connectivity index (χ4n) is 3.42. The molecule has 0 aliphatic rings. The lowest BCUT2D eigenvalue weighted by atomic mass is 10.1. The highest BCUT2D eigenvalue weighted by molar-refractivity contribution is 6.04. The number of hydrogen-bond donors (Lipinski definition) is 1. The maximum atomic E-state index is 12.7. The molecule has 0 atom stereocenters. The Morgan fingerprint density at radius 3 is 2.50 bits per heavy atom. The van der Waals surface area contributed by atoms with Crippen LogP contribution in [0.5, 0.6) is 5.75 Å². The van der Waals surface area contributed by atoms with E-state index in [0.29, 0.717) is 23.6 Å². The first-order valence-electron chi connectivity index (χ1n) is 10.2. The number of carbonyl (C=O) groups excluding carboxylic acids is 1. The zero-order valence-corrected chi connectivity index (χ0v) is 17.2. The van der Waals surface area contributed by atoms with Crippen LogP contribution in [0, 0.1) is 0 Å². The fourth-order valence-corrected chi connectivity index (χ4v) is 3.42. The van der Waals surface area contributed by atoms with Gasteiger partial charge in [-0.05, 0) is 54.1 Å². The van der Waals surface area contributed by atoms with Gasteiger partial charge in [0.2, 0.25) is 0 Å². The topological polar surface area (TPSA) is 68.5 Å². The van der Waals surface area contributed by atoms with Crippen molar-refractivity contribution < 1.29 is 9.53 Å². The molecule has 0 aliphatic carbocycles. The largest absolute Gasteiger partial charge is 0.489 e. The average molecular weight is 420 g/mol. The predicted molar refractivity (Wildman–Crippen MR) is 124 cm³/mol. The molecular weight excluding hydrogens is 400 g/mol. The van der Waals surface area contributed by atoms with Gasteiger partial charge >= 0.3 is 0 Å². The molecule has 32 heavy (non-hydrogen) atoms. The molecule has 3 aromatic carbocycles. The van der Waals surface area contributed by atoms with Crippen molar-refractivity contribution in [3.8, 4) is 17.1 Å². The minimum Gasteiger partial charge on any atom is -0.489 e. The molecule has 0 unspecified atom stereocenters. The van der Waals surface area contributed by atoms with Gasteiger partial charge in [-0.3, -0.25) is 9.20 Å². The third-order valence-corrected chi connectivity index (χ3v) is 5.06. The number of nitrogens with zero attached hydrogens (tertiary/aromatic N) is 3. The SMILES string of the molecule is O=C(Nc1cccc(-c2nnc3ccccn23)c1)c1ccc(OCc2ccccc2)cc1. The molecule has 0 saturated carbocycles. The second-order valence-electron chi connectivity index (χ2n) is 7.29. The van der Waals surface area contributed by atoms with Crippen LogP contribution in [-0.2, 0) is 6.61 Å². The lowest BCUT2D eigenvalue weighted by molar-refractivity contribution is 0.102. The highest BCUT2D eigenvalue weighted by Crippen LogP contribution is 2.22. The van der Waals surface area contributed by atoms with Crippen molar-refractivity contribution in [1.82, 2.24) is 14.6 Å². The standard InChI is InChI=1S/C26H20N4O2/c31-26(20-12-14-23(15-13-20)32-18-19-7-2-1-3-8-19)27-22-10-6-9-21(17-22)25-29-28-24-11-4-5-16-30(24)25/h1-17H,18H2,(H,27,31). The van der Waals surface area contributed by atoms with Gasteiger partial charge in [0.1, 0.15) is 12.4 Å². The Balaban J connectivity index is 1.27. The maximum absolute atomic E-state index is 12.7. The Hall–Kier alpha value is -4.45. The number of nitrogens with one attached hydrogen (secondary N) is 1. The van der Waals surface area contributed by atoms with E-state index in [0.717, 1.165) is 22.6 Å². The van der Waals surface area contributed by atoms with Crippen LogP contribution in [0.2, 0.25) is 0 Å². The number of aromatic nitrogens is 3. The van der Waals surface area contributed by atoms with Gasteiger partial charge in [-0.25, -0.2) is 0 Å². The summed E-state index contributed by atoms with van der Waals surface area (Å²) in [6, 6.07) is 30.4. The lowest BCUT2D eigenvalue weighted by Gasteiger charge is -2.09. The van der Waals surface area contributed by atoms with E-state index in [-0.39, 0.29) is 5.91 Å². The number of pyridine rings is 1. The van der Waals surface area contributed by atoms with E-state index in [1.807, 2.05) is 83.4 Å². The molecule has 2 aromatic heterocycles. The van der Waals surface area contributed by atoms with Gasteiger partial charge in [-0.1, -0.05) is 48.5 Å². The summed E-state index contributed by atoms with van der Waals surface area (Å²) < 4.78 is 7.70. The fraction of sp³-hybridized carbons (Fsp3) is 0.0385. The van der Waals surface area contributed by atoms with Crippen LogP contribution in [0.3, 0.4) is 0 Å². The van der Waals surface area contributed by atoms with Crippen LogP contribution in [0.1, 0.15) is 15.9 Å².